The summed E-state index contributed by atoms with van der Waals surface area (Å²) in [5.41, 5.74) is 1.81. The van der Waals surface area contributed by atoms with E-state index in [1.165, 1.54) is 18.4 Å². The highest BCUT2D eigenvalue weighted by Crippen LogP contribution is 2.41. The number of phenolic OH excluding ortho intramolecular Hbond substituents is 1. The maximum atomic E-state index is 11.6. The molecule has 0 unspecified atom stereocenters. The van der Waals surface area contributed by atoms with E-state index in [1.807, 2.05) is 12.1 Å². The molecule has 1 saturated carbocycles. The molecule has 0 radical (unpaired) electrons. The van der Waals surface area contributed by atoms with Crippen LogP contribution < -0.4 is 0 Å². The Hall–Kier alpha value is -2.36. The standard InChI is InChI=1S/C18H19NO3/c1-2-22-17(21)10-15(19)18-14-7-5-12(11-3-4-11)9-13(14)6-8-16(18)20/h5-9,11,19-20H,2-4,10H2,1H3. The zero-order chi connectivity index (χ0) is 15.7. The first-order valence-corrected chi connectivity index (χ1v) is 7.59. The van der Waals surface area contributed by atoms with E-state index in [0.717, 1.165) is 10.8 Å². The van der Waals surface area contributed by atoms with Gasteiger partial charge in [-0.05, 0) is 48.1 Å². The van der Waals surface area contributed by atoms with E-state index in [0.29, 0.717) is 18.1 Å². The van der Waals surface area contributed by atoms with Gasteiger partial charge in [-0.25, -0.2) is 0 Å². The van der Waals surface area contributed by atoms with Gasteiger partial charge in [-0.2, -0.15) is 0 Å². The SMILES string of the molecule is CCOC(=O)CC(=N)c1c(O)ccc2cc(C3CC3)ccc12. The van der Waals surface area contributed by atoms with Crippen LogP contribution in [-0.2, 0) is 9.53 Å². The molecule has 0 aliphatic heterocycles. The molecule has 0 amide bonds. The number of carbonyl (C=O) groups is 1. The summed E-state index contributed by atoms with van der Waals surface area (Å²) in [6.45, 7) is 2.02. The molecule has 4 nitrogen and oxygen atoms in total. The normalized spacial score (nSPS) is 14.0. The molecule has 0 saturated heterocycles. The van der Waals surface area contributed by atoms with Crippen LogP contribution in [0, 0.1) is 5.41 Å². The summed E-state index contributed by atoms with van der Waals surface area (Å²) in [5, 5.41) is 20.1. The van der Waals surface area contributed by atoms with Crippen molar-refractivity contribution in [2.45, 2.75) is 32.1 Å². The number of phenols is 1. The lowest BCUT2D eigenvalue weighted by Gasteiger charge is -2.11. The van der Waals surface area contributed by atoms with Gasteiger partial charge in [0.15, 0.2) is 0 Å². The summed E-state index contributed by atoms with van der Waals surface area (Å²) in [7, 11) is 0. The summed E-state index contributed by atoms with van der Waals surface area (Å²) in [6, 6.07) is 9.57. The molecule has 22 heavy (non-hydrogen) atoms. The molecule has 2 aromatic rings. The summed E-state index contributed by atoms with van der Waals surface area (Å²) in [5.74, 6) is 0.236. The van der Waals surface area contributed by atoms with Crippen molar-refractivity contribution >= 4 is 22.5 Å². The van der Waals surface area contributed by atoms with E-state index in [9.17, 15) is 9.90 Å². The zero-order valence-electron chi connectivity index (χ0n) is 12.6. The van der Waals surface area contributed by atoms with Crippen molar-refractivity contribution in [2.75, 3.05) is 6.61 Å². The maximum absolute atomic E-state index is 11.6. The number of hydrogen-bond acceptors (Lipinski definition) is 4. The average molecular weight is 297 g/mol. The third kappa shape index (κ3) is 2.82. The van der Waals surface area contributed by atoms with Crippen LogP contribution in [0.2, 0.25) is 0 Å². The van der Waals surface area contributed by atoms with Gasteiger partial charge >= 0.3 is 5.97 Å². The monoisotopic (exact) mass is 297 g/mol. The summed E-state index contributed by atoms with van der Waals surface area (Å²) in [4.78, 5) is 11.6. The number of nitrogens with one attached hydrogen (secondary N) is 1. The van der Waals surface area contributed by atoms with Crippen molar-refractivity contribution in [3.8, 4) is 5.75 Å². The molecule has 4 heteroatoms. The van der Waals surface area contributed by atoms with E-state index in [1.54, 1.807) is 13.0 Å². The molecule has 0 spiro atoms. The minimum absolute atomic E-state index is 0.0287. The van der Waals surface area contributed by atoms with E-state index >= 15 is 0 Å². The van der Waals surface area contributed by atoms with Crippen LogP contribution in [0.4, 0.5) is 0 Å². The van der Waals surface area contributed by atoms with Gasteiger partial charge in [0, 0.05) is 5.56 Å². The van der Waals surface area contributed by atoms with Gasteiger partial charge in [0.1, 0.15) is 5.75 Å². The second-order valence-corrected chi connectivity index (χ2v) is 5.67. The molecule has 1 aliphatic carbocycles. The molecule has 1 fully saturated rings. The van der Waals surface area contributed by atoms with Crippen LogP contribution in [0.15, 0.2) is 30.3 Å². The van der Waals surface area contributed by atoms with Gasteiger partial charge in [0.05, 0.1) is 18.7 Å². The highest BCUT2D eigenvalue weighted by atomic mass is 16.5. The number of benzene rings is 2. The fraction of sp³-hybridized carbons (Fsp3) is 0.333. The van der Waals surface area contributed by atoms with Gasteiger partial charge < -0.3 is 15.3 Å². The number of esters is 1. The van der Waals surface area contributed by atoms with E-state index < -0.39 is 5.97 Å². The molecule has 1 aliphatic rings. The Labute approximate surface area is 129 Å². The Bertz CT molecular complexity index is 747. The lowest BCUT2D eigenvalue weighted by atomic mass is 9.96. The van der Waals surface area contributed by atoms with Gasteiger partial charge in [-0.3, -0.25) is 4.79 Å². The van der Waals surface area contributed by atoms with Crippen molar-refractivity contribution in [1.82, 2.24) is 0 Å². The van der Waals surface area contributed by atoms with E-state index in [-0.39, 0.29) is 17.9 Å². The van der Waals surface area contributed by atoms with Gasteiger partial charge in [-0.1, -0.05) is 24.3 Å². The average Bonchev–Trinajstić information content (AvgIpc) is 3.31. The fourth-order valence-electron chi connectivity index (χ4n) is 2.77. The molecular formula is C18H19NO3. The van der Waals surface area contributed by atoms with Crippen LogP contribution in [0.1, 0.15) is 43.2 Å². The quantitative estimate of drug-likeness (QED) is 0.652. The number of carbonyl (C=O) groups excluding carboxylic acids is 1. The van der Waals surface area contributed by atoms with Gasteiger partial charge in [-0.15, -0.1) is 0 Å². The molecule has 0 bridgehead atoms. The minimum Gasteiger partial charge on any atom is -0.507 e. The minimum atomic E-state index is -0.446. The third-order valence-electron chi connectivity index (χ3n) is 4.00. The molecular weight excluding hydrogens is 278 g/mol. The number of fused-ring (bicyclic) bond motifs is 1. The molecule has 2 N–H and O–H groups in total. The van der Waals surface area contributed by atoms with Gasteiger partial charge in [0.2, 0.25) is 0 Å². The van der Waals surface area contributed by atoms with Crippen molar-refractivity contribution in [1.29, 1.82) is 5.41 Å². The van der Waals surface area contributed by atoms with Crippen molar-refractivity contribution in [2.24, 2.45) is 0 Å². The first-order chi connectivity index (χ1) is 10.6. The fourth-order valence-corrected chi connectivity index (χ4v) is 2.77. The molecule has 2 aromatic carbocycles. The maximum Gasteiger partial charge on any atom is 0.311 e. The summed E-state index contributed by atoms with van der Waals surface area (Å²) >= 11 is 0. The topological polar surface area (TPSA) is 70.4 Å². The van der Waals surface area contributed by atoms with Crippen LogP contribution in [0.3, 0.4) is 0 Å². The largest absolute Gasteiger partial charge is 0.507 e. The molecule has 3 rings (SSSR count). The third-order valence-corrected chi connectivity index (χ3v) is 4.00. The second-order valence-electron chi connectivity index (χ2n) is 5.67. The van der Waals surface area contributed by atoms with E-state index in [2.05, 4.69) is 12.1 Å². The Kier molecular flexibility index (Phi) is 3.84. The van der Waals surface area contributed by atoms with Crippen LogP contribution in [-0.4, -0.2) is 23.4 Å². The Balaban J connectivity index is 1.98. The van der Waals surface area contributed by atoms with Gasteiger partial charge in [0.25, 0.3) is 0 Å². The highest BCUT2D eigenvalue weighted by molar-refractivity contribution is 6.16. The van der Waals surface area contributed by atoms with Crippen molar-refractivity contribution in [3.63, 3.8) is 0 Å². The highest BCUT2D eigenvalue weighted by Gasteiger charge is 2.24. The number of hydrogen-bond donors (Lipinski definition) is 2. The van der Waals surface area contributed by atoms with Crippen molar-refractivity contribution < 1.29 is 14.6 Å². The smallest absolute Gasteiger partial charge is 0.311 e. The lowest BCUT2D eigenvalue weighted by Crippen LogP contribution is -2.12. The van der Waals surface area contributed by atoms with Crippen LogP contribution in [0.5, 0.6) is 5.75 Å². The Morgan fingerprint density at radius 2 is 2.09 bits per heavy atom. The number of aromatic hydroxyl groups is 1. The molecule has 114 valence electrons. The lowest BCUT2D eigenvalue weighted by molar-refractivity contribution is -0.141. The Morgan fingerprint density at radius 1 is 1.32 bits per heavy atom. The van der Waals surface area contributed by atoms with E-state index in [4.69, 9.17) is 10.1 Å². The molecule has 0 aromatic heterocycles. The second kappa shape index (κ2) is 5.79. The summed E-state index contributed by atoms with van der Waals surface area (Å²) in [6.07, 6.45) is 2.33. The van der Waals surface area contributed by atoms with Crippen LogP contribution >= 0.6 is 0 Å². The Morgan fingerprint density at radius 3 is 2.77 bits per heavy atom. The van der Waals surface area contributed by atoms with Crippen LogP contribution in [0.25, 0.3) is 10.8 Å². The van der Waals surface area contributed by atoms with Crippen molar-refractivity contribution in [3.05, 3.63) is 41.5 Å². The molecule has 0 heterocycles. The zero-order valence-corrected chi connectivity index (χ0v) is 12.6. The molecule has 0 atom stereocenters. The first kappa shape index (κ1) is 14.6. The first-order valence-electron chi connectivity index (χ1n) is 7.59. The number of rotatable bonds is 5. The predicted octanol–water partition coefficient (Wildman–Crippen LogP) is 3.74. The summed E-state index contributed by atoms with van der Waals surface area (Å²) < 4.78 is 4.88. The predicted molar refractivity (Wildman–Crippen MR) is 85.7 cm³/mol. The number of ether oxygens (including phenoxy) is 1.